The van der Waals surface area contributed by atoms with Gasteiger partial charge in [0.05, 0.1) is 24.2 Å². The molecular formula is C30H38N8O7P+. The van der Waals surface area contributed by atoms with Gasteiger partial charge in [-0.1, -0.05) is 6.92 Å². The Hall–Kier alpha value is -3.78. The quantitative estimate of drug-likeness (QED) is 0.178. The van der Waals surface area contributed by atoms with Crippen molar-refractivity contribution in [2.24, 2.45) is 11.8 Å². The molecule has 6 heterocycles. The van der Waals surface area contributed by atoms with Gasteiger partial charge in [0.1, 0.15) is 43.6 Å². The molecule has 244 valence electrons. The summed E-state index contributed by atoms with van der Waals surface area (Å²) in [7, 11) is -2.73. The molecule has 4 aromatic heterocycles. The molecule has 16 heteroatoms. The second-order valence-electron chi connectivity index (χ2n) is 12.5. The number of imidazole rings is 1. The van der Waals surface area contributed by atoms with Gasteiger partial charge in [-0.05, 0) is 62.3 Å². The van der Waals surface area contributed by atoms with Crippen LogP contribution in [-0.4, -0.2) is 70.4 Å². The van der Waals surface area contributed by atoms with Gasteiger partial charge in [0.25, 0.3) is 5.56 Å². The van der Waals surface area contributed by atoms with Crippen molar-refractivity contribution in [1.82, 2.24) is 33.6 Å². The van der Waals surface area contributed by atoms with Gasteiger partial charge in [0.15, 0.2) is 11.2 Å². The Balaban J connectivity index is 1.01. The van der Waals surface area contributed by atoms with E-state index in [-0.39, 0.29) is 66.9 Å². The van der Waals surface area contributed by atoms with E-state index in [4.69, 9.17) is 14.0 Å². The smallest absolute Gasteiger partial charge is 0.463 e. The molecule has 4 aromatic rings. The average Bonchev–Trinajstić information content (AvgIpc) is 3.82. The highest BCUT2D eigenvalue weighted by Gasteiger charge is 2.40. The monoisotopic (exact) mass is 653 g/mol. The van der Waals surface area contributed by atoms with Crippen LogP contribution in [0.5, 0.6) is 0 Å². The summed E-state index contributed by atoms with van der Waals surface area (Å²) in [5.74, 6) is 0.278. The predicted octanol–water partition coefficient (Wildman–Crippen LogP) is 3.65. The van der Waals surface area contributed by atoms with Gasteiger partial charge < -0.3 is 23.9 Å². The van der Waals surface area contributed by atoms with Gasteiger partial charge in [-0.15, -0.1) is 9.42 Å². The van der Waals surface area contributed by atoms with E-state index in [1.807, 2.05) is 11.5 Å². The van der Waals surface area contributed by atoms with Crippen molar-refractivity contribution in [3.8, 4) is 0 Å². The molecule has 1 saturated carbocycles. The highest BCUT2D eigenvalue weighted by Crippen LogP contribution is 2.44. The maximum Gasteiger partial charge on any atom is 0.694 e. The standard InChI is InChI=1S/C30H37N8O7P/c1-2-8-36-16-35-29-26(30(36)40)34-17-38(29)22-10-18(13-44-46(41)42)9-20(22)11-24(39)43-14-21-5-6-23(45-21)37-12-19-4-3-7-31-27-25(19)28(37)33-15-32-27/h12,15-18,20-23H,2-11,13-14H2,1H3,(H-,31,32,33,41,42)/p+1/t18?,20-,21?,22?,23?/m0/s1. The van der Waals surface area contributed by atoms with Crippen LogP contribution in [0.2, 0.25) is 0 Å². The van der Waals surface area contributed by atoms with Crippen molar-refractivity contribution in [1.29, 1.82) is 0 Å². The van der Waals surface area contributed by atoms with Gasteiger partial charge in [0, 0.05) is 29.9 Å². The van der Waals surface area contributed by atoms with Gasteiger partial charge in [-0.3, -0.25) is 14.2 Å². The number of rotatable bonds is 11. The number of ether oxygens (including phenoxy) is 2. The van der Waals surface area contributed by atoms with Crippen LogP contribution >= 0.6 is 8.25 Å². The highest BCUT2D eigenvalue weighted by molar-refractivity contribution is 7.32. The number of aromatic nitrogens is 7. The Morgan fingerprint density at radius 1 is 1.13 bits per heavy atom. The predicted molar refractivity (Wildman–Crippen MR) is 166 cm³/mol. The molecule has 0 radical (unpaired) electrons. The lowest BCUT2D eigenvalue weighted by atomic mass is 9.99. The third-order valence-corrected chi connectivity index (χ3v) is 9.78. The number of hydrogen-bond acceptors (Lipinski definition) is 11. The minimum absolute atomic E-state index is 0.0631. The first-order valence-electron chi connectivity index (χ1n) is 16.0. The van der Waals surface area contributed by atoms with E-state index in [0.29, 0.717) is 25.0 Å². The number of aryl methyl sites for hydroxylation is 2. The number of esters is 1. The third-order valence-electron chi connectivity index (χ3n) is 9.41. The molecule has 15 nitrogen and oxygen atoms in total. The molecular weight excluding hydrogens is 615 g/mol. The maximum atomic E-state index is 13.2. The molecule has 0 aromatic carbocycles. The van der Waals surface area contributed by atoms with E-state index >= 15 is 0 Å². The van der Waals surface area contributed by atoms with Crippen LogP contribution < -0.4 is 10.9 Å². The zero-order valence-electron chi connectivity index (χ0n) is 25.7. The number of hydrogen-bond donors (Lipinski definition) is 2. The number of nitrogens with zero attached hydrogens (tertiary/aromatic N) is 7. The van der Waals surface area contributed by atoms with Crippen LogP contribution in [0.25, 0.3) is 22.2 Å². The summed E-state index contributed by atoms with van der Waals surface area (Å²) in [6.45, 7) is 3.65. The molecule has 1 aliphatic carbocycles. The highest BCUT2D eigenvalue weighted by atomic mass is 31.1. The molecule has 2 N–H and O–H groups in total. The number of carbonyl (C=O) groups is 1. The fourth-order valence-electron chi connectivity index (χ4n) is 7.33. The number of nitrogens with one attached hydrogen (secondary N) is 1. The van der Waals surface area contributed by atoms with Crippen LogP contribution in [-0.2, 0) is 36.3 Å². The second kappa shape index (κ2) is 13.1. The van der Waals surface area contributed by atoms with Crippen LogP contribution in [0.3, 0.4) is 0 Å². The summed E-state index contributed by atoms with van der Waals surface area (Å²) < 4.78 is 33.8. The number of fused-ring (bicyclic) bond motifs is 1. The summed E-state index contributed by atoms with van der Waals surface area (Å²) in [6.07, 6.45) is 12.0. The van der Waals surface area contributed by atoms with E-state index in [0.717, 1.165) is 55.5 Å². The summed E-state index contributed by atoms with van der Waals surface area (Å²) in [5.41, 5.74) is 2.59. The average molecular weight is 654 g/mol. The molecule has 1 saturated heterocycles. The molecule has 5 unspecified atom stereocenters. The van der Waals surface area contributed by atoms with Crippen molar-refractivity contribution in [2.75, 3.05) is 25.1 Å². The minimum atomic E-state index is -2.73. The Bertz CT molecular complexity index is 1820. The minimum Gasteiger partial charge on any atom is -0.463 e. The third kappa shape index (κ3) is 6.04. The fraction of sp³-hybridized carbons (Fsp3) is 0.600. The van der Waals surface area contributed by atoms with Crippen LogP contribution in [0, 0.1) is 11.8 Å². The maximum absolute atomic E-state index is 13.2. The topological polar surface area (TPSA) is 178 Å². The van der Waals surface area contributed by atoms with Crippen molar-refractivity contribution >= 4 is 42.2 Å². The molecule has 3 aliphatic rings. The van der Waals surface area contributed by atoms with Crippen LogP contribution in [0.4, 0.5) is 5.82 Å². The zero-order chi connectivity index (χ0) is 31.8. The van der Waals surface area contributed by atoms with Crippen LogP contribution in [0.1, 0.15) is 69.7 Å². The summed E-state index contributed by atoms with van der Waals surface area (Å²) in [6, 6.07) is -0.215. The molecule has 6 atom stereocenters. The van der Waals surface area contributed by atoms with Crippen molar-refractivity contribution in [3.05, 3.63) is 41.1 Å². The second-order valence-corrected chi connectivity index (χ2v) is 13.2. The molecule has 0 spiro atoms. The number of carbonyl (C=O) groups excluding carboxylic acids is 1. The molecule has 0 amide bonds. The first-order chi connectivity index (χ1) is 22.4. The Labute approximate surface area is 265 Å². The first kappa shape index (κ1) is 30.9. The van der Waals surface area contributed by atoms with Crippen molar-refractivity contribution < 1.29 is 28.3 Å². The van der Waals surface area contributed by atoms with E-state index < -0.39 is 8.25 Å². The fourth-order valence-corrected chi connectivity index (χ4v) is 7.67. The van der Waals surface area contributed by atoms with Gasteiger partial charge in [-0.2, -0.15) is 0 Å². The van der Waals surface area contributed by atoms with Gasteiger partial charge in [-0.25, -0.2) is 19.9 Å². The van der Waals surface area contributed by atoms with E-state index in [9.17, 15) is 19.0 Å². The van der Waals surface area contributed by atoms with Crippen molar-refractivity contribution in [3.63, 3.8) is 0 Å². The van der Waals surface area contributed by atoms with Gasteiger partial charge in [0.2, 0.25) is 0 Å². The van der Waals surface area contributed by atoms with Crippen LogP contribution in [0.15, 0.2) is 30.0 Å². The van der Waals surface area contributed by atoms with E-state index in [2.05, 4.69) is 36.0 Å². The lowest BCUT2D eigenvalue weighted by Crippen LogP contribution is -2.23. The Morgan fingerprint density at radius 3 is 2.87 bits per heavy atom. The Morgan fingerprint density at radius 2 is 2.02 bits per heavy atom. The summed E-state index contributed by atoms with van der Waals surface area (Å²) >= 11 is 0. The van der Waals surface area contributed by atoms with E-state index in [1.165, 1.54) is 11.9 Å². The normalized spacial score (nSPS) is 24.7. The first-order valence-corrected chi connectivity index (χ1v) is 17.1. The molecule has 46 heavy (non-hydrogen) atoms. The summed E-state index contributed by atoms with van der Waals surface area (Å²) in [4.78, 5) is 53.3. The molecule has 0 bridgehead atoms. The lowest BCUT2D eigenvalue weighted by molar-refractivity contribution is -0.149. The SMILES string of the molecule is CCCn1cnc2c(ncn2C2CC(CO[P+](=O)O)C[C@H]2CC(=O)OCC2CCC(n3cc4c5c(ncnc53)NCCC4)O2)c1=O. The van der Waals surface area contributed by atoms with Gasteiger partial charge >= 0.3 is 14.2 Å². The number of anilines is 1. The Kier molecular flexibility index (Phi) is 8.82. The zero-order valence-corrected chi connectivity index (χ0v) is 26.6. The summed E-state index contributed by atoms with van der Waals surface area (Å²) in [5, 5.41) is 4.44. The molecule has 7 rings (SSSR count). The van der Waals surface area contributed by atoms with Crippen molar-refractivity contribution in [2.45, 2.75) is 83.2 Å². The molecule has 2 fully saturated rings. The molecule has 2 aliphatic heterocycles. The largest absolute Gasteiger partial charge is 0.694 e. The lowest BCUT2D eigenvalue weighted by Gasteiger charge is -2.21. The van der Waals surface area contributed by atoms with E-state index in [1.54, 1.807) is 17.2 Å².